The average Bonchev–Trinajstić information content (AvgIpc) is 2.84. The van der Waals surface area contributed by atoms with Gasteiger partial charge in [-0.25, -0.2) is 0 Å². The normalized spacial score (nSPS) is 19.4. The molecule has 3 aromatic carbocycles. The Morgan fingerprint density at radius 2 is 1.36 bits per heavy atom. The standard InChI is InChI=1S/C27H25F6NO2/c28-26(29,30)22-15-20(16-23(17-22)27(31,32)33)11-13-35-25-24(21-9-5-2-6-10-21)34(12-14-36-25)18-19-7-3-1-4-8-19/h1-10,15-17,24-25H,11-14,18H2. The highest BCUT2D eigenvalue weighted by atomic mass is 19.4. The van der Waals surface area contributed by atoms with E-state index >= 15 is 0 Å². The summed E-state index contributed by atoms with van der Waals surface area (Å²) in [6, 6.07) is 20.7. The Morgan fingerprint density at radius 1 is 0.778 bits per heavy atom. The van der Waals surface area contributed by atoms with Crippen molar-refractivity contribution < 1.29 is 35.8 Å². The molecule has 0 aromatic heterocycles. The Balaban J connectivity index is 1.51. The van der Waals surface area contributed by atoms with E-state index < -0.39 is 29.8 Å². The number of ether oxygens (including phenoxy) is 2. The van der Waals surface area contributed by atoms with Crippen LogP contribution in [0.1, 0.15) is 33.9 Å². The van der Waals surface area contributed by atoms with E-state index in [-0.39, 0.29) is 30.7 Å². The van der Waals surface area contributed by atoms with Crippen LogP contribution in [0.3, 0.4) is 0 Å². The number of rotatable bonds is 7. The minimum absolute atomic E-state index is 0.105. The molecule has 3 aromatic rings. The SMILES string of the molecule is FC(F)(F)c1cc(CCOC2OCCN(Cc3ccccc3)C2c2ccccc2)cc(C(F)(F)F)c1. The maximum Gasteiger partial charge on any atom is 0.416 e. The van der Waals surface area contributed by atoms with Crippen molar-refractivity contribution in [3.63, 3.8) is 0 Å². The van der Waals surface area contributed by atoms with E-state index in [1.807, 2.05) is 60.7 Å². The first-order chi connectivity index (χ1) is 17.1. The summed E-state index contributed by atoms with van der Waals surface area (Å²) in [4.78, 5) is 2.20. The van der Waals surface area contributed by atoms with Crippen LogP contribution >= 0.6 is 0 Å². The molecule has 0 radical (unpaired) electrons. The average molecular weight is 509 g/mol. The number of hydrogen-bond donors (Lipinski definition) is 0. The van der Waals surface area contributed by atoms with Gasteiger partial charge in [-0.3, -0.25) is 4.90 Å². The molecule has 0 amide bonds. The van der Waals surface area contributed by atoms with Gasteiger partial charge in [-0.05, 0) is 41.3 Å². The van der Waals surface area contributed by atoms with Crippen molar-refractivity contribution in [3.8, 4) is 0 Å². The van der Waals surface area contributed by atoms with Gasteiger partial charge in [0.05, 0.1) is 30.4 Å². The van der Waals surface area contributed by atoms with Crippen LogP contribution in [0.25, 0.3) is 0 Å². The van der Waals surface area contributed by atoms with Crippen LogP contribution in [0, 0.1) is 0 Å². The molecule has 1 aliphatic heterocycles. The molecule has 4 rings (SSSR count). The van der Waals surface area contributed by atoms with Crippen molar-refractivity contribution in [2.75, 3.05) is 19.8 Å². The van der Waals surface area contributed by atoms with E-state index in [9.17, 15) is 26.3 Å². The predicted octanol–water partition coefficient (Wildman–Crippen LogP) is 6.88. The summed E-state index contributed by atoms with van der Waals surface area (Å²) >= 11 is 0. The molecule has 1 aliphatic rings. The van der Waals surface area contributed by atoms with E-state index in [1.165, 1.54) is 0 Å². The Bertz CT molecular complexity index is 1090. The topological polar surface area (TPSA) is 21.7 Å². The van der Waals surface area contributed by atoms with E-state index in [2.05, 4.69) is 4.90 Å². The number of benzene rings is 3. The van der Waals surface area contributed by atoms with Gasteiger partial charge in [-0.1, -0.05) is 60.7 Å². The van der Waals surface area contributed by atoms with Crippen LogP contribution < -0.4 is 0 Å². The van der Waals surface area contributed by atoms with E-state index in [1.54, 1.807) is 0 Å². The fraction of sp³-hybridized carbons (Fsp3) is 0.333. The second-order valence-corrected chi connectivity index (χ2v) is 8.59. The molecule has 0 bridgehead atoms. The molecule has 0 N–H and O–H groups in total. The first-order valence-electron chi connectivity index (χ1n) is 11.5. The van der Waals surface area contributed by atoms with Crippen molar-refractivity contribution >= 4 is 0 Å². The molecule has 0 aliphatic carbocycles. The second-order valence-electron chi connectivity index (χ2n) is 8.59. The third-order valence-corrected chi connectivity index (χ3v) is 6.00. The third-order valence-electron chi connectivity index (χ3n) is 6.00. The van der Waals surface area contributed by atoms with Crippen LogP contribution in [-0.2, 0) is 34.8 Å². The maximum absolute atomic E-state index is 13.2. The quantitative estimate of drug-likeness (QED) is 0.324. The van der Waals surface area contributed by atoms with E-state index in [0.717, 1.165) is 23.3 Å². The van der Waals surface area contributed by atoms with Gasteiger partial charge in [0, 0.05) is 13.1 Å². The molecular formula is C27H25F6NO2. The summed E-state index contributed by atoms with van der Waals surface area (Å²) in [6.45, 7) is 1.54. The van der Waals surface area contributed by atoms with Crippen LogP contribution in [-0.4, -0.2) is 30.9 Å². The number of hydrogen-bond acceptors (Lipinski definition) is 3. The van der Waals surface area contributed by atoms with Crippen molar-refractivity contribution in [1.29, 1.82) is 0 Å². The van der Waals surface area contributed by atoms with Crippen LogP contribution in [0.2, 0.25) is 0 Å². The fourth-order valence-electron chi connectivity index (χ4n) is 4.30. The Labute approximate surface area is 205 Å². The molecule has 0 saturated carbocycles. The summed E-state index contributed by atoms with van der Waals surface area (Å²) in [5.41, 5.74) is -0.737. The molecule has 1 saturated heterocycles. The van der Waals surface area contributed by atoms with Gasteiger partial charge in [0.15, 0.2) is 6.29 Å². The molecule has 1 heterocycles. The zero-order valence-corrected chi connectivity index (χ0v) is 19.2. The van der Waals surface area contributed by atoms with E-state index in [0.29, 0.717) is 19.7 Å². The third kappa shape index (κ3) is 6.66. The number of nitrogens with zero attached hydrogens (tertiary/aromatic N) is 1. The number of halogens is 6. The molecule has 0 spiro atoms. The zero-order valence-electron chi connectivity index (χ0n) is 19.2. The second kappa shape index (κ2) is 11.0. The van der Waals surface area contributed by atoms with Gasteiger partial charge in [-0.15, -0.1) is 0 Å². The molecule has 1 fully saturated rings. The van der Waals surface area contributed by atoms with Gasteiger partial charge in [0.1, 0.15) is 0 Å². The molecule has 3 nitrogen and oxygen atoms in total. The summed E-state index contributed by atoms with van der Waals surface area (Å²) in [7, 11) is 0. The van der Waals surface area contributed by atoms with Gasteiger partial charge < -0.3 is 9.47 Å². The zero-order chi connectivity index (χ0) is 25.8. The van der Waals surface area contributed by atoms with Crippen molar-refractivity contribution in [2.24, 2.45) is 0 Å². The molecule has 9 heteroatoms. The minimum atomic E-state index is -4.89. The molecule has 2 atom stereocenters. The summed E-state index contributed by atoms with van der Waals surface area (Å²) in [5.74, 6) is 0. The lowest BCUT2D eigenvalue weighted by atomic mass is 10.0. The predicted molar refractivity (Wildman–Crippen MR) is 122 cm³/mol. The smallest absolute Gasteiger partial charge is 0.350 e. The highest BCUT2D eigenvalue weighted by Gasteiger charge is 2.37. The molecule has 2 unspecified atom stereocenters. The minimum Gasteiger partial charge on any atom is -0.350 e. The summed E-state index contributed by atoms with van der Waals surface area (Å²) in [5, 5.41) is 0. The van der Waals surface area contributed by atoms with Gasteiger partial charge in [-0.2, -0.15) is 26.3 Å². The van der Waals surface area contributed by atoms with Crippen LogP contribution in [0.5, 0.6) is 0 Å². The van der Waals surface area contributed by atoms with Crippen molar-refractivity contribution in [1.82, 2.24) is 4.90 Å². The lowest BCUT2D eigenvalue weighted by Gasteiger charge is -2.41. The molecular weight excluding hydrogens is 484 g/mol. The monoisotopic (exact) mass is 509 g/mol. The van der Waals surface area contributed by atoms with Crippen molar-refractivity contribution in [2.45, 2.75) is 37.7 Å². The largest absolute Gasteiger partial charge is 0.416 e. The van der Waals surface area contributed by atoms with Crippen LogP contribution in [0.15, 0.2) is 78.9 Å². The first-order valence-corrected chi connectivity index (χ1v) is 11.5. The van der Waals surface area contributed by atoms with Gasteiger partial charge >= 0.3 is 12.4 Å². The number of alkyl halides is 6. The highest BCUT2D eigenvalue weighted by Crippen LogP contribution is 2.37. The van der Waals surface area contributed by atoms with E-state index in [4.69, 9.17) is 9.47 Å². The number of morpholine rings is 1. The Kier molecular flexibility index (Phi) is 8.02. The Morgan fingerprint density at radius 3 is 1.94 bits per heavy atom. The summed E-state index contributed by atoms with van der Waals surface area (Å²) in [6.07, 6.45) is -10.6. The maximum atomic E-state index is 13.2. The van der Waals surface area contributed by atoms with Crippen molar-refractivity contribution in [3.05, 3.63) is 107 Å². The molecule has 36 heavy (non-hydrogen) atoms. The highest BCUT2D eigenvalue weighted by molar-refractivity contribution is 5.33. The molecule has 192 valence electrons. The van der Waals surface area contributed by atoms with Gasteiger partial charge in [0.25, 0.3) is 0 Å². The van der Waals surface area contributed by atoms with Gasteiger partial charge in [0.2, 0.25) is 0 Å². The lowest BCUT2D eigenvalue weighted by Crippen LogP contribution is -2.46. The van der Waals surface area contributed by atoms with Crippen LogP contribution in [0.4, 0.5) is 26.3 Å². The Hall–Kier alpha value is -2.88. The lowest BCUT2D eigenvalue weighted by molar-refractivity contribution is -0.212. The first kappa shape index (κ1) is 26.2. The summed E-state index contributed by atoms with van der Waals surface area (Å²) < 4.78 is 90.9. The fourth-order valence-corrected chi connectivity index (χ4v) is 4.30.